The molecule has 3 nitrogen and oxygen atoms in total. The van der Waals surface area contributed by atoms with Crippen molar-refractivity contribution < 1.29 is 0 Å². The molecule has 0 N–H and O–H groups in total. The highest BCUT2D eigenvalue weighted by molar-refractivity contribution is 8.00. The summed E-state index contributed by atoms with van der Waals surface area (Å²) in [5.41, 5.74) is 3.61. The predicted molar refractivity (Wildman–Crippen MR) is 77.2 cm³/mol. The smallest absolute Gasteiger partial charge is 0.103 e. The maximum absolute atomic E-state index is 9.35. The van der Waals surface area contributed by atoms with Crippen molar-refractivity contribution in [3.8, 4) is 6.07 Å². The molecular formula is C14H19N3S. The monoisotopic (exact) mass is 261 g/mol. The number of rotatable bonds is 1. The Bertz CT molecular complexity index is 493. The van der Waals surface area contributed by atoms with Crippen LogP contribution in [-0.4, -0.2) is 28.6 Å². The van der Waals surface area contributed by atoms with Crippen LogP contribution in [0, 0.1) is 25.2 Å². The first-order valence-corrected chi connectivity index (χ1v) is 7.36. The van der Waals surface area contributed by atoms with Crippen LogP contribution in [0.15, 0.2) is 6.07 Å². The molecule has 2 atom stereocenters. The third kappa shape index (κ3) is 2.32. The standard InChI is InChI=1S/C14H19N3S/c1-9-7-14(13(8-15)10(2)16-9)17-5-6-18-12(4)11(17)3/h7,11-12H,5-6H2,1-4H3. The van der Waals surface area contributed by atoms with E-state index in [1.54, 1.807) is 0 Å². The molecule has 0 amide bonds. The van der Waals surface area contributed by atoms with Gasteiger partial charge in [-0.05, 0) is 26.8 Å². The number of aromatic nitrogens is 1. The summed E-state index contributed by atoms with van der Waals surface area (Å²) in [6.07, 6.45) is 0. The normalized spacial score (nSPS) is 23.8. The molecule has 0 spiro atoms. The van der Waals surface area contributed by atoms with Crippen LogP contribution in [0.4, 0.5) is 5.69 Å². The number of hydrogen-bond donors (Lipinski definition) is 0. The lowest BCUT2D eigenvalue weighted by atomic mass is 10.1. The summed E-state index contributed by atoms with van der Waals surface area (Å²) in [6.45, 7) is 9.41. The Morgan fingerprint density at radius 2 is 2.17 bits per heavy atom. The van der Waals surface area contributed by atoms with Crippen molar-refractivity contribution in [3.63, 3.8) is 0 Å². The first kappa shape index (κ1) is 13.2. The number of thioether (sulfide) groups is 1. The molecule has 2 rings (SSSR count). The van der Waals surface area contributed by atoms with E-state index in [9.17, 15) is 5.26 Å². The van der Waals surface area contributed by atoms with Gasteiger partial charge in [-0.15, -0.1) is 0 Å². The predicted octanol–water partition coefficient (Wildman–Crippen LogP) is 2.90. The van der Waals surface area contributed by atoms with E-state index in [2.05, 4.69) is 29.8 Å². The minimum absolute atomic E-state index is 0.456. The lowest BCUT2D eigenvalue weighted by molar-refractivity contribution is 0.626. The molecule has 0 aliphatic carbocycles. The summed E-state index contributed by atoms with van der Waals surface area (Å²) in [5, 5.41) is 9.95. The van der Waals surface area contributed by atoms with E-state index in [1.165, 1.54) is 0 Å². The molecule has 1 aliphatic rings. The van der Waals surface area contributed by atoms with E-state index in [0.29, 0.717) is 11.3 Å². The van der Waals surface area contributed by atoms with Crippen molar-refractivity contribution in [1.29, 1.82) is 5.26 Å². The topological polar surface area (TPSA) is 39.9 Å². The first-order valence-electron chi connectivity index (χ1n) is 6.31. The molecule has 0 saturated carbocycles. The van der Waals surface area contributed by atoms with Crippen LogP contribution >= 0.6 is 11.8 Å². The molecular weight excluding hydrogens is 242 g/mol. The summed E-state index contributed by atoms with van der Waals surface area (Å²) < 4.78 is 0. The minimum Gasteiger partial charge on any atom is -0.366 e. The molecule has 0 bridgehead atoms. The van der Waals surface area contributed by atoms with Crippen molar-refractivity contribution in [1.82, 2.24) is 4.98 Å². The SMILES string of the molecule is Cc1cc(N2CCSC(C)C2C)c(C#N)c(C)n1. The molecule has 0 aromatic carbocycles. The summed E-state index contributed by atoms with van der Waals surface area (Å²) in [7, 11) is 0. The number of hydrogen-bond acceptors (Lipinski definition) is 4. The van der Waals surface area contributed by atoms with Crippen LogP contribution in [0.2, 0.25) is 0 Å². The Morgan fingerprint density at radius 3 is 2.83 bits per heavy atom. The van der Waals surface area contributed by atoms with Gasteiger partial charge >= 0.3 is 0 Å². The van der Waals surface area contributed by atoms with Gasteiger partial charge in [0, 0.05) is 29.3 Å². The molecule has 1 aliphatic heterocycles. The van der Waals surface area contributed by atoms with Gasteiger partial charge in [0.2, 0.25) is 0 Å². The second-order valence-electron chi connectivity index (χ2n) is 4.86. The molecule has 1 fully saturated rings. The van der Waals surface area contributed by atoms with Gasteiger partial charge in [-0.3, -0.25) is 4.98 Å². The van der Waals surface area contributed by atoms with Crippen LogP contribution in [0.5, 0.6) is 0 Å². The fourth-order valence-electron chi connectivity index (χ4n) is 2.45. The zero-order valence-electron chi connectivity index (χ0n) is 11.4. The van der Waals surface area contributed by atoms with Gasteiger partial charge in [0.15, 0.2) is 0 Å². The summed E-state index contributed by atoms with van der Waals surface area (Å²) in [4.78, 5) is 6.75. The fourth-order valence-corrected chi connectivity index (χ4v) is 3.55. The average Bonchev–Trinajstić information content (AvgIpc) is 2.32. The van der Waals surface area contributed by atoms with E-state index >= 15 is 0 Å². The Labute approximate surface area is 113 Å². The van der Waals surface area contributed by atoms with Gasteiger partial charge in [-0.1, -0.05) is 6.92 Å². The summed E-state index contributed by atoms with van der Waals surface area (Å²) in [5.74, 6) is 1.12. The molecule has 2 unspecified atom stereocenters. The third-order valence-electron chi connectivity index (χ3n) is 3.61. The van der Waals surface area contributed by atoms with E-state index in [4.69, 9.17) is 0 Å². The van der Waals surface area contributed by atoms with Crippen LogP contribution in [0.1, 0.15) is 30.8 Å². The Kier molecular flexibility index (Phi) is 3.82. The Hall–Kier alpha value is -1.21. The van der Waals surface area contributed by atoms with E-state index < -0.39 is 0 Å². The third-order valence-corrected chi connectivity index (χ3v) is 4.95. The van der Waals surface area contributed by atoms with Crippen molar-refractivity contribution in [2.45, 2.75) is 39.0 Å². The van der Waals surface area contributed by atoms with Gasteiger partial charge in [0.25, 0.3) is 0 Å². The molecule has 1 aromatic rings. The van der Waals surface area contributed by atoms with Crippen molar-refractivity contribution in [3.05, 3.63) is 23.0 Å². The van der Waals surface area contributed by atoms with E-state index in [1.807, 2.05) is 31.7 Å². The van der Waals surface area contributed by atoms with Crippen LogP contribution in [0.25, 0.3) is 0 Å². The summed E-state index contributed by atoms with van der Waals surface area (Å²) in [6, 6.07) is 4.81. The van der Waals surface area contributed by atoms with Gasteiger partial charge < -0.3 is 4.90 Å². The molecule has 1 aromatic heterocycles. The number of pyridine rings is 1. The van der Waals surface area contributed by atoms with Crippen LogP contribution in [0.3, 0.4) is 0 Å². The quantitative estimate of drug-likeness (QED) is 0.779. The van der Waals surface area contributed by atoms with Crippen LogP contribution in [-0.2, 0) is 0 Å². The largest absolute Gasteiger partial charge is 0.366 e. The number of aryl methyl sites for hydroxylation is 2. The molecule has 0 radical (unpaired) electrons. The maximum atomic E-state index is 9.35. The zero-order chi connectivity index (χ0) is 13.3. The average molecular weight is 261 g/mol. The second kappa shape index (κ2) is 5.19. The molecule has 96 valence electrons. The molecule has 1 saturated heterocycles. The summed E-state index contributed by atoms with van der Waals surface area (Å²) >= 11 is 2.01. The number of nitriles is 1. The first-order chi connectivity index (χ1) is 8.54. The maximum Gasteiger partial charge on any atom is 0.103 e. The lowest BCUT2D eigenvalue weighted by Gasteiger charge is -2.39. The molecule has 2 heterocycles. The highest BCUT2D eigenvalue weighted by Crippen LogP contribution is 2.32. The highest BCUT2D eigenvalue weighted by atomic mass is 32.2. The van der Waals surface area contributed by atoms with Crippen molar-refractivity contribution in [2.75, 3.05) is 17.2 Å². The van der Waals surface area contributed by atoms with Crippen molar-refractivity contribution in [2.24, 2.45) is 0 Å². The number of nitrogens with zero attached hydrogens (tertiary/aromatic N) is 3. The molecule has 18 heavy (non-hydrogen) atoms. The van der Waals surface area contributed by atoms with Crippen molar-refractivity contribution >= 4 is 17.4 Å². The molecule has 4 heteroatoms. The lowest BCUT2D eigenvalue weighted by Crippen LogP contribution is -2.45. The van der Waals surface area contributed by atoms with E-state index in [-0.39, 0.29) is 0 Å². The van der Waals surface area contributed by atoms with Crippen LogP contribution < -0.4 is 4.90 Å². The second-order valence-corrected chi connectivity index (χ2v) is 6.35. The Morgan fingerprint density at radius 1 is 1.44 bits per heavy atom. The van der Waals surface area contributed by atoms with Gasteiger partial charge in [-0.2, -0.15) is 17.0 Å². The number of anilines is 1. The van der Waals surface area contributed by atoms with Gasteiger partial charge in [0.05, 0.1) is 16.9 Å². The minimum atomic E-state index is 0.456. The zero-order valence-corrected chi connectivity index (χ0v) is 12.2. The highest BCUT2D eigenvalue weighted by Gasteiger charge is 2.27. The Balaban J connectivity index is 2.47. The van der Waals surface area contributed by atoms with Gasteiger partial charge in [0.1, 0.15) is 6.07 Å². The van der Waals surface area contributed by atoms with Gasteiger partial charge in [-0.25, -0.2) is 0 Å². The fraction of sp³-hybridized carbons (Fsp3) is 0.571. The van der Waals surface area contributed by atoms with E-state index in [0.717, 1.165) is 34.9 Å².